The van der Waals surface area contributed by atoms with Gasteiger partial charge in [-0.1, -0.05) is 28.1 Å². The zero-order valence-corrected chi connectivity index (χ0v) is 12.3. The fourth-order valence-corrected chi connectivity index (χ4v) is 2.21. The highest BCUT2D eigenvalue weighted by atomic mass is 79.9. The standard InChI is InChI=1S/C15H16BrNO2/c1-11(9-14-3-2-8-19-14)17-15(18)13-6-4-12(10-16)5-7-13/h2-8,11H,9-10H2,1H3,(H,17,18). The van der Waals surface area contributed by atoms with Crippen LogP contribution < -0.4 is 5.32 Å². The molecule has 2 aromatic rings. The van der Waals surface area contributed by atoms with Crippen LogP contribution in [-0.2, 0) is 11.8 Å². The Balaban J connectivity index is 1.92. The van der Waals surface area contributed by atoms with Crippen LogP contribution in [0.25, 0.3) is 0 Å². The van der Waals surface area contributed by atoms with Crippen molar-refractivity contribution in [1.82, 2.24) is 5.32 Å². The second-order valence-electron chi connectivity index (χ2n) is 4.49. The molecule has 1 amide bonds. The number of alkyl halides is 1. The van der Waals surface area contributed by atoms with E-state index >= 15 is 0 Å². The highest BCUT2D eigenvalue weighted by Crippen LogP contribution is 2.09. The van der Waals surface area contributed by atoms with Crippen molar-refractivity contribution in [3.05, 3.63) is 59.5 Å². The van der Waals surface area contributed by atoms with Crippen molar-refractivity contribution in [3.63, 3.8) is 0 Å². The van der Waals surface area contributed by atoms with Crippen LogP contribution in [0, 0.1) is 0 Å². The second kappa shape index (κ2) is 6.57. The Morgan fingerprint density at radius 1 is 1.32 bits per heavy atom. The lowest BCUT2D eigenvalue weighted by atomic mass is 10.1. The fourth-order valence-electron chi connectivity index (χ4n) is 1.83. The molecule has 3 nitrogen and oxygen atoms in total. The van der Waals surface area contributed by atoms with Gasteiger partial charge >= 0.3 is 0 Å². The number of nitrogens with one attached hydrogen (secondary N) is 1. The van der Waals surface area contributed by atoms with Crippen LogP contribution >= 0.6 is 15.9 Å². The molecule has 0 radical (unpaired) electrons. The summed E-state index contributed by atoms with van der Waals surface area (Å²) in [5.74, 6) is 0.822. The molecule has 0 saturated carbocycles. The molecule has 1 aromatic heterocycles. The van der Waals surface area contributed by atoms with Crippen LogP contribution in [-0.4, -0.2) is 11.9 Å². The van der Waals surface area contributed by atoms with E-state index in [2.05, 4.69) is 21.2 Å². The number of furan rings is 1. The van der Waals surface area contributed by atoms with Gasteiger partial charge in [-0.15, -0.1) is 0 Å². The number of hydrogen-bond donors (Lipinski definition) is 1. The molecule has 0 aliphatic heterocycles. The third kappa shape index (κ3) is 3.96. The zero-order valence-electron chi connectivity index (χ0n) is 10.7. The van der Waals surface area contributed by atoms with Crippen molar-refractivity contribution in [3.8, 4) is 0 Å². The number of carbonyl (C=O) groups is 1. The molecule has 1 unspecified atom stereocenters. The van der Waals surface area contributed by atoms with Gasteiger partial charge < -0.3 is 9.73 Å². The minimum absolute atomic E-state index is 0.0366. The number of hydrogen-bond acceptors (Lipinski definition) is 2. The summed E-state index contributed by atoms with van der Waals surface area (Å²) in [4.78, 5) is 12.0. The van der Waals surface area contributed by atoms with Gasteiger partial charge in [-0.05, 0) is 36.8 Å². The van der Waals surface area contributed by atoms with E-state index in [1.54, 1.807) is 6.26 Å². The second-order valence-corrected chi connectivity index (χ2v) is 5.05. The van der Waals surface area contributed by atoms with Crippen LogP contribution in [0.5, 0.6) is 0 Å². The first-order valence-corrected chi connectivity index (χ1v) is 7.29. The molecule has 0 saturated heterocycles. The van der Waals surface area contributed by atoms with Crippen LogP contribution in [0.1, 0.15) is 28.6 Å². The smallest absolute Gasteiger partial charge is 0.251 e. The number of benzene rings is 1. The molecule has 0 aliphatic rings. The summed E-state index contributed by atoms with van der Waals surface area (Å²) in [5, 5.41) is 3.76. The summed E-state index contributed by atoms with van der Waals surface area (Å²) in [5.41, 5.74) is 1.83. The third-order valence-corrected chi connectivity index (χ3v) is 3.48. The maximum Gasteiger partial charge on any atom is 0.251 e. The Bertz CT molecular complexity index is 520. The highest BCUT2D eigenvalue weighted by molar-refractivity contribution is 9.08. The predicted octanol–water partition coefficient (Wildman–Crippen LogP) is 3.54. The Morgan fingerprint density at radius 3 is 2.63 bits per heavy atom. The lowest BCUT2D eigenvalue weighted by Crippen LogP contribution is -2.33. The molecule has 19 heavy (non-hydrogen) atoms. The monoisotopic (exact) mass is 321 g/mol. The molecule has 1 atom stereocenters. The first-order valence-electron chi connectivity index (χ1n) is 6.17. The summed E-state index contributed by atoms with van der Waals surface area (Å²) in [7, 11) is 0. The van der Waals surface area contributed by atoms with Gasteiger partial charge in [0.15, 0.2) is 0 Å². The van der Waals surface area contributed by atoms with E-state index in [0.717, 1.165) is 16.7 Å². The van der Waals surface area contributed by atoms with Crippen molar-refractivity contribution in [2.24, 2.45) is 0 Å². The average molecular weight is 322 g/mol. The van der Waals surface area contributed by atoms with E-state index in [9.17, 15) is 4.79 Å². The van der Waals surface area contributed by atoms with Crippen LogP contribution in [0.15, 0.2) is 47.1 Å². The molecular formula is C15H16BrNO2. The fraction of sp³-hybridized carbons (Fsp3) is 0.267. The molecule has 0 fully saturated rings. The van der Waals surface area contributed by atoms with E-state index in [4.69, 9.17) is 4.42 Å². The van der Waals surface area contributed by atoms with E-state index in [-0.39, 0.29) is 11.9 Å². The number of halogens is 1. The average Bonchev–Trinajstić information content (AvgIpc) is 2.91. The van der Waals surface area contributed by atoms with Crippen LogP contribution in [0.2, 0.25) is 0 Å². The van der Waals surface area contributed by atoms with Crippen molar-refractivity contribution in [2.75, 3.05) is 0 Å². The molecular weight excluding hydrogens is 306 g/mol. The molecule has 1 aromatic carbocycles. The van der Waals surface area contributed by atoms with Gasteiger partial charge in [0.05, 0.1) is 6.26 Å². The molecule has 0 bridgehead atoms. The first kappa shape index (κ1) is 13.9. The minimum Gasteiger partial charge on any atom is -0.469 e. The van der Waals surface area contributed by atoms with Gasteiger partial charge in [-0.25, -0.2) is 0 Å². The Morgan fingerprint density at radius 2 is 2.05 bits per heavy atom. The molecule has 2 rings (SSSR count). The highest BCUT2D eigenvalue weighted by Gasteiger charge is 2.11. The lowest BCUT2D eigenvalue weighted by Gasteiger charge is -2.12. The zero-order chi connectivity index (χ0) is 13.7. The van der Waals surface area contributed by atoms with E-state index in [1.807, 2.05) is 43.3 Å². The summed E-state index contributed by atoms with van der Waals surface area (Å²) >= 11 is 3.38. The topological polar surface area (TPSA) is 42.2 Å². The van der Waals surface area contributed by atoms with Gasteiger partial charge in [0.25, 0.3) is 5.91 Å². The van der Waals surface area contributed by atoms with Gasteiger partial charge in [-0.2, -0.15) is 0 Å². The maximum atomic E-state index is 12.0. The predicted molar refractivity (Wildman–Crippen MR) is 78.4 cm³/mol. The van der Waals surface area contributed by atoms with Gasteiger partial charge in [-0.3, -0.25) is 4.79 Å². The summed E-state index contributed by atoms with van der Waals surface area (Å²) in [6, 6.07) is 11.4. The molecule has 0 aliphatic carbocycles. The Hall–Kier alpha value is -1.55. The lowest BCUT2D eigenvalue weighted by molar-refractivity contribution is 0.0939. The van der Waals surface area contributed by atoms with E-state index in [1.165, 1.54) is 0 Å². The number of rotatable bonds is 5. The van der Waals surface area contributed by atoms with Gasteiger partial charge in [0.1, 0.15) is 5.76 Å². The minimum atomic E-state index is -0.0554. The first-order chi connectivity index (χ1) is 9.19. The molecule has 100 valence electrons. The molecule has 1 N–H and O–H groups in total. The number of amides is 1. The molecule has 1 heterocycles. The molecule has 0 spiro atoms. The quantitative estimate of drug-likeness (QED) is 0.856. The van der Waals surface area contributed by atoms with E-state index in [0.29, 0.717) is 12.0 Å². The summed E-state index contributed by atoms with van der Waals surface area (Å²) in [6.45, 7) is 1.97. The Kier molecular flexibility index (Phi) is 4.80. The molecule has 4 heteroatoms. The van der Waals surface area contributed by atoms with Crippen LogP contribution in [0.3, 0.4) is 0 Å². The summed E-state index contributed by atoms with van der Waals surface area (Å²) in [6.07, 6.45) is 2.33. The van der Waals surface area contributed by atoms with E-state index < -0.39 is 0 Å². The largest absolute Gasteiger partial charge is 0.469 e. The summed E-state index contributed by atoms with van der Waals surface area (Å²) < 4.78 is 5.27. The van der Waals surface area contributed by atoms with Crippen molar-refractivity contribution < 1.29 is 9.21 Å². The van der Waals surface area contributed by atoms with Crippen molar-refractivity contribution >= 4 is 21.8 Å². The number of carbonyl (C=O) groups excluding carboxylic acids is 1. The SMILES string of the molecule is CC(Cc1ccco1)NC(=O)c1ccc(CBr)cc1. The Labute approximate surface area is 121 Å². The van der Waals surface area contributed by atoms with Crippen molar-refractivity contribution in [1.29, 1.82) is 0 Å². The normalized spacial score (nSPS) is 12.1. The maximum absolute atomic E-state index is 12.0. The van der Waals surface area contributed by atoms with Crippen LogP contribution in [0.4, 0.5) is 0 Å². The van der Waals surface area contributed by atoms with Gasteiger partial charge in [0.2, 0.25) is 0 Å². The third-order valence-electron chi connectivity index (χ3n) is 2.84. The van der Waals surface area contributed by atoms with Crippen molar-refractivity contribution in [2.45, 2.75) is 24.7 Å². The van der Waals surface area contributed by atoms with Gasteiger partial charge in [0, 0.05) is 23.4 Å².